The molecule has 4 N–H and O–H groups in total. The van der Waals surface area contributed by atoms with Crippen molar-refractivity contribution in [3.63, 3.8) is 0 Å². The number of hydrogen-bond acceptors (Lipinski definition) is 6. The third kappa shape index (κ3) is 4.34. The van der Waals surface area contributed by atoms with Crippen LogP contribution in [0.15, 0.2) is 11.2 Å². The average molecular weight is 270 g/mol. The lowest BCUT2D eigenvalue weighted by Crippen LogP contribution is -2.35. The van der Waals surface area contributed by atoms with E-state index in [1.807, 2.05) is 6.26 Å². The van der Waals surface area contributed by atoms with Gasteiger partial charge in [-0.1, -0.05) is 32.5 Å². The Hall–Kier alpha value is -1.01. The first-order valence-corrected chi connectivity index (χ1v) is 7.15. The van der Waals surface area contributed by atoms with E-state index in [0.29, 0.717) is 23.2 Å². The number of thioether (sulfide) groups is 1. The zero-order valence-electron chi connectivity index (χ0n) is 11.4. The Labute approximate surface area is 113 Å². The molecule has 0 spiro atoms. The van der Waals surface area contributed by atoms with Gasteiger partial charge in [-0.25, -0.2) is 9.97 Å². The van der Waals surface area contributed by atoms with Crippen LogP contribution in [0.1, 0.15) is 27.2 Å². The second-order valence-electron chi connectivity index (χ2n) is 5.24. The van der Waals surface area contributed by atoms with Crippen molar-refractivity contribution in [2.75, 3.05) is 23.9 Å². The molecule has 1 rings (SSSR count). The summed E-state index contributed by atoms with van der Waals surface area (Å²) in [5.41, 5.74) is 5.77. The van der Waals surface area contributed by atoms with Crippen molar-refractivity contribution in [1.29, 1.82) is 0 Å². The Morgan fingerprint density at radius 3 is 2.61 bits per heavy atom. The third-order valence-electron chi connectivity index (χ3n) is 2.69. The number of aliphatic hydroxyl groups excluding tert-OH is 1. The van der Waals surface area contributed by atoms with Crippen molar-refractivity contribution in [1.82, 2.24) is 9.97 Å². The van der Waals surface area contributed by atoms with Gasteiger partial charge in [0.1, 0.15) is 11.6 Å². The molecule has 0 saturated heterocycles. The maximum atomic E-state index is 9.13. The zero-order chi connectivity index (χ0) is 13.8. The first-order chi connectivity index (χ1) is 8.36. The van der Waals surface area contributed by atoms with Crippen molar-refractivity contribution in [2.24, 2.45) is 5.41 Å². The van der Waals surface area contributed by atoms with E-state index in [1.54, 1.807) is 6.07 Å². The molecule has 0 aliphatic heterocycles. The van der Waals surface area contributed by atoms with Crippen molar-refractivity contribution in [3.05, 3.63) is 6.07 Å². The highest BCUT2D eigenvalue weighted by molar-refractivity contribution is 7.98. The standard InChI is InChI=1S/C12H22N4OS/c1-12(2,3)8(5-6-17)14-10-7-9(13)15-11(16-10)18-4/h7-8,17H,5-6H2,1-4H3,(H3,13,14,15,16). The number of aliphatic hydroxyl groups is 1. The molecule has 1 aromatic heterocycles. The molecule has 1 unspecified atom stereocenters. The van der Waals surface area contributed by atoms with E-state index in [1.165, 1.54) is 11.8 Å². The minimum Gasteiger partial charge on any atom is -0.396 e. The zero-order valence-corrected chi connectivity index (χ0v) is 12.2. The van der Waals surface area contributed by atoms with Crippen LogP contribution in [0.5, 0.6) is 0 Å². The fraction of sp³-hybridized carbons (Fsp3) is 0.667. The van der Waals surface area contributed by atoms with E-state index in [9.17, 15) is 0 Å². The topological polar surface area (TPSA) is 84.1 Å². The Kier molecular flexibility index (Phi) is 5.22. The number of aromatic nitrogens is 2. The molecule has 5 nitrogen and oxygen atoms in total. The maximum absolute atomic E-state index is 9.13. The summed E-state index contributed by atoms with van der Waals surface area (Å²) >= 11 is 1.45. The van der Waals surface area contributed by atoms with Gasteiger partial charge < -0.3 is 16.2 Å². The van der Waals surface area contributed by atoms with E-state index in [-0.39, 0.29) is 18.1 Å². The molecule has 0 aliphatic carbocycles. The highest BCUT2D eigenvalue weighted by Gasteiger charge is 2.24. The van der Waals surface area contributed by atoms with Crippen LogP contribution in [0.4, 0.5) is 11.6 Å². The summed E-state index contributed by atoms with van der Waals surface area (Å²) in [5.74, 6) is 1.16. The van der Waals surface area contributed by atoms with Crippen LogP contribution in [0.2, 0.25) is 0 Å². The second kappa shape index (κ2) is 6.24. The smallest absolute Gasteiger partial charge is 0.191 e. The molecule has 0 saturated carbocycles. The molecule has 1 atom stereocenters. The Balaban J connectivity index is 2.90. The highest BCUT2D eigenvalue weighted by atomic mass is 32.2. The van der Waals surface area contributed by atoms with Crippen LogP contribution in [0.25, 0.3) is 0 Å². The number of anilines is 2. The Morgan fingerprint density at radius 1 is 1.44 bits per heavy atom. The number of hydrogen-bond donors (Lipinski definition) is 3. The van der Waals surface area contributed by atoms with Gasteiger partial charge in [0.05, 0.1) is 0 Å². The minimum atomic E-state index is 0.0297. The molecule has 1 heterocycles. The van der Waals surface area contributed by atoms with Crippen LogP contribution in [-0.2, 0) is 0 Å². The molecule has 0 aromatic carbocycles. The van der Waals surface area contributed by atoms with Crippen LogP contribution in [0.3, 0.4) is 0 Å². The van der Waals surface area contributed by atoms with E-state index >= 15 is 0 Å². The number of nitrogens with two attached hydrogens (primary N) is 1. The van der Waals surface area contributed by atoms with Gasteiger partial charge in [-0.3, -0.25) is 0 Å². The van der Waals surface area contributed by atoms with Gasteiger partial charge in [0.2, 0.25) is 0 Å². The molecule has 0 aliphatic rings. The Morgan fingerprint density at radius 2 is 2.11 bits per heavy atom. The molecule has 0 radical (unpaired) electrons. The largest absolute Gasteiger partial charge is 0.396 e. The summed E-state index contributed by atoms with van der Waals surface area (Å²) in [5, 5.41) is 13.1. The maximum Gasteiger partial charge on any atom is 0.191 e. The predicted octanol–water partition coefficient (Wildman–Crippen LogP) is 1.99. The summed E-state index contributed by atoms with van der Waals surface area (Å²) in [7, 11) is 0. The third-order valence-corrected chi connectivity index (χ3v) is 3.24. The molecule has 0 fully saturated rings. The molecule has 102 valence electrons. The lowest BCUT2D eigenvalue weighted by molar-refractivity contribution is 0.235. The van der Waals surface area contributed by atoms with Gasteiger partial charge in [0.15, 0.2) is 5.16 Å². The monoisotopic (exact) mass is 270 g/mol. The number of nitrogen functional groups attached to an aromatic ring is 1. The molecular weight excluding hydrogens is 248 g/mol. The summed E-state index contributed by atoms with van der Waals surface area (Å²) in [6, 6.07) is 1.85. The van der Waals surface area contributed by atoms with Crippen molar-refractivity contribution in [2.45, 2.75) is 38.4 Å². The van der Waals surface area contributed by atoms with Crippen molar-refractivity contribution in [3.8, 4) is 0 Å². The lowest BCUT2D eigenvalue weighted by atomic mass is 9.85. The quantitative estimate of drug-likeness (QED) is 0.560. The van der Waals surface area contributed by atoms with Crippen LogP contribution in [-0.4, -0.2) is 34.0 Å². The summed E-state index contributed by atoms with van der Waals surface area (Å²) in [4.78, 5) is 8.47. The predicted molar refractivity (Wildman–Crippen MR) is 76.8 cm³/mol. The van der Waals surface area contributed by atoms with Crippen LogP contribution in [0, 0.1) is 5.41 Å². The first-order valence-electron chi connectivity index (χ1n) is 5.92. The number of rotatable bonds is 5. The molecular formula is C12H22N4OS. The molecule has 0 amide bonds. The summed E-state index contributed by atoms with van der Waals surface area (Å²) in [6.45, 7) is 6.52. The summed E-state index contributed by atoms with van der Waals surface area (Å²) < 4.78 is 0. The van der Waals surface area contributed by atoms with Gasteiger partial charge in [-0.2, -0.15) is 0 Å². The van der Waals surface area contributed by atoms with Gasteiger partial charge >= 0.3 is 0 Å². The van der Waals surface area contributed by atoms with Gasteiger partial charge in [-0.05, 0) is 18.1 Å². The van der Waals surface area contributed by atoms with Crippen LogP contribution < -0.4 is 11.1 Å². The van der Waals surface area contributed by atoms with E-state index < -0.39 is 0 Å². The minimum absolute atomic E-state index is 0.0297. The van der Waals surface area contributed by atoms with E-state index in [2.05, 4.69) is 36.1 Å². The SMILES string of the molecule is CSc1nc(N)cc(NC(CCO)C(C)(C)C)n1. The lowest BCUT2D eigenvalue weighted by Gasteiger charge is -2.31. The molecule has 6 heteroatoms. The number of nitrogens with one attached hydrogen (secondary N) is 1. The highest BCUT2D eigenvalue weighted by Crippen LogP contribution is 2.26. The first kappa shape index (κ1) is 15.0. The van der Waals surface area contributed by atoms with Gasteiger partial charge in [0.25, 0.3) is 0 Å². The fourth-order valence-electron chi connectivity index (χ4n) is 1.64. The van der Waals surface area contributed by atoms with Gasteiger partial charge in [0, 0.05) is 18.7 Å². The van der Waals surface area contributed by atoms with E-state index in [0.717, 1.165) is 0 Å². The molecule has 1 aromatic rings. The van der Waals surface area contributed by atoms with Crippen molar-refractivity contribution < 1.29 is 5.11 Å². The molecule has 18 heavy (non-hydrogen) atoms. The second-order valence-corrected chi connectivity index (χ2v) is 6.01. The Bertz CT molecular complexity index is 392. The van der Waals surface area contributed by atoms with Crippen molar-refractivity contribution >= 4 is 23.4 Å². The number of nitrogens with zero attached hydrogens (tertiary/aromatic N) is 2. The average Bonchev–Trinajstić information content (AvgIpc) is 2.26. The normalized spacial score (nSPS) is 13.4. The fourth-order valence-corrected chi connectivity index (χ4v) is 2.02. The van der Waals surface area contributed by atoms with Gasteiger partial charge in [-0.15, -0.1) is 0 Å². The van der Waals surface area contributed by atoms with Crippen LogP contribution >= 0.6 is 11.8 Å². The van der Waals surface area contributed by atoms with E-state index in [4.69, 9.17) is 10.8 Å². The molecule has 0 bridgehead atoms. The summed E-state index contributed by atoms with van der Waals surface area (Å²) in [6.07, 6.45) is 2.58.